The van der Waals surface area contributed by atoms with Gasteiger partial charge in [0.2, 0.25) is 15.9 Å². The molecule has 41 heavy (non-hydrogen) atoms. The van der Waals surface area contributed by atoms with Gasteiger partial charge in [-0.05, 0) is 66.3 Å². The van der Waals surface area contributed by atoms with Crippen LogP contribution in [0, 0.1) is 5.92 Å². The largest absolute Gasteiger partial charge is 0.326 e. The fourth-order valence-electron chi connectivity index (χ4n) is 4.81. The fraction of sp³-hybridized carbons (Fsp3) is 0.207. The third kappa shape index (κ3) is 6.85. The van der Waals surface area contributed by atoms with Gasteiger partial charge in [0.25, 0.3) is 10.0 Å². The van der Waals surface area contributed by atoms with Crippen LogP contribution in [0.3, 0.4) is 0 Å². The maximum absolute atomic E-state index is 13.0. The van der Waals surface area contributed by atoms with Crippen LogP contribution < -0.4 is 10.0 Å². The Balaban J connectivity index is 1.17. The van der Waals surface area contributed by atoms with Gasteiger partial charge in [-0.3, -0.25) is 9.52 Å². The number of carbonyl (C=O) groups is 1. The van der Waals surface area contributed by atoms with Gasteiger partial charge in [-0.15, -0.1) is 0 Å². The van der Waals surface area contributed by atoms with E-state index in [0.717, 1.165) is 10.8 Å². The molecule has 0 bridgehead atoms. The molecule has 2 N–H and O–H groups in total. The molecule has 0 aliphatic carbocycles. The molecule has 5 rings (SSSR count). The van der Waals surface area contributed by atoms with E-state index in [0.29, 0.717) is 39.8 Å². The lowest BCUT2D eigenvalue weighted by atomic mass is 9.97. The highest BCUT2D eigenvalue weighted by molar-refractivity contribution is 7.92. The van der Waals surface area contributed by atoms with Gasteiger partial charge in [-0.25, -0.2) is 21.1 Å². The number of nitrogens with one attached hydrogen (secondary N) is 2. The van der Waals surface area contributed by atoms with Crippen LogP contribution in [0.2, 0.25) is 10.0 Å². The first kappa shape index (κ1) is 29.3. The van der Waals surface area contributed by atoms with E-state index in [1.807, 2.05) is 30.3 Å². The number of nitrogens with zero attached hydrogens (tertiary/aromatic N) is 1. The molecule has 1 fully saturated rings. The Morgan fingerprint density at radius 1 is 0.829 bits per heavy atom. The minimum absolute atomic E-state index is 0.0592. The number of hydrogen-bond acceptors (Lipinski definition) is 5. The Kier molecular flexibility index (Phi) is 8.58. The number of fused-ring (bicyclic) bond motifs is 1. The van der Waals surface area contributed by atoms with Crippen molar-refractivity contribution in [1.29, 1.82) is 0 Å². The summed E-state index contributed by atoms with van der Waals surface area (Å²) in [6.07, 6.45) is 0.738. The molecule has 0 aromatic heterocycles. The smallest absolute Gasteiger partial charge is 0.261 e. The summed E-state index contributed by atoms with van der Waals surface area (Å²) in [5.41, 5.74) is 1.47. The van der Waals surface area contributed by atoms with Gasteiger partial charge < -0.3 is 5.32 Å². The first-order valence-corrected chi connectivity index (χ1v) is 16.7. The Morgan fingerprint density at radius 3 is 2.22 bits per heavy atom. The number of piperidine rings is 1. The zero-order chi connectivity index (χ0) is 29.2. The van der Waals surface area contributed by atoms with E-state index in [1.54, 1.807) is 24.3 Å². The number of halogens is 2. The topological polar surface area (TPSA) is 113 Å². The van der Waals surface area contributed by atoms with Gasteiger partial charge in [0.15, 0.2) is 0 Å². The first-order valence-electron chi connectivity index (χ1n) is 12.9. The van der Waals surface area contributed by atoms with Crippen molar-refractivity contribution in [2.45, 2.75) is 23.5 Å². The maximum Gasteiger partial charge on any atom is 0.261 e. The number of rotatable bonds is 8. The molecule has 214 valence electrons. The van der Waals surface area contributed by atoms with Gasteiger partial charge in [0, 0.05) is 30.1 Å². The molecular formula is C29H27Cl2N3O5S2. The molecule has 0 spiro atoms. The van der Waals surface area contributed by atoms with Gasteiger partial charge in [-0.1, -0.05) is 65.7 Å². The molecule has 4 aromatic rings. The molecule has 1 saturated heterocycles. The standard InChI is InChI=1S/C29H27Cl2N3O5S2/c30-26-13-8-20(18-27(26)31)19-40(36,37)34-16-14-22(15-17-34)29(35)32-23-9-11-24(12-10-23)41(38,39)33-28-7-3-5-21-4-1-2-6-25(21)28/h1-13,18,22,33H,14-17,19H2,(H,32,35). The lowest BCUT2D eigenvalue weighted by molar-refractivity contribution is -0.120. The normalized spacial score (nSPS) is 15.1. The van der Waals surface area contributed by atoms with Crippen LogP contribution in [0.1, 0.15) is 18.4 Å². The Bertz CT molecular complexity index is 1800. The van der Waals surface area contributed by atoms with E-state index >= 15 is 0 Å². The molecule has 0 radical (unpaired) electrons. The fourth-order valence-corrected chi connectivity index (χ4v) is 7.76. The Morgan fingerprint density at radius 2 is 1.51 bits per heavy atom. The van der Waals surface area contributed by atoms with E-state index < -0.39 is 20.0 Å². The van der Waals surface area contributed by atoms with Crippen molar-refractivity contribution in [2.24, 2.45) is 5.92 Å². The van der Waals surface area contributed by atoms with E-state index in [1.165, 1.54) is 34.6 Å². The van der Waals surface area contributed by atoms with E-state index in [4.69, 9.17) is 23.2 Å². The third-order valence-corrected chi connectivity index (χ3v) is 11.0. The summed E-state index contributed by atoms with van der Waals surface area (Å²) in [4.78, 5) is 13.0. The van der Waals surface area contributed by atoms with Gasteiger partial charge in [0.1, 0.15) is 0 Å². The molecule has 1 aliphatic heterocycles. The van der Waals surface area contributed by atoms with Crippen molar-refractivity contribution in [3.8, 4) is 0 Å². The summed E-state index contributed by atoms with van der Waals surface area (Å²) in [5, 5.41) is 5.17. The molecule has 12 heteroatoms. The Hall–Kier alpha value is -3.15. The van der Waals surface area contributed by atoms with Crippen LogP contribution in [0.15, 0.2) is 89.8 Å². The summed E-state index contributed by atoms with van der Waals surface area (Å²) in [6, 6.07) is 23.6. The van der Waals surface area contributed by atoms with Crippen molar-refractivity contribution in [3.05, 3.63) is 101 Å². The quantitative estimate of drug-likeness (QED) is 0.243. The van der Waals surface area contributed by atoms with Crippen LogP contribution in [0.25, 0.3) is 10.8 Å². The Labute approximate surface area is 249 Å². The molecule has 4 aromatic carbocycles. The van der Waals surface area contributed by atoms with Crippen LogP contribution in [-0.2, 0) is 30.6 Å². The zero-order valence-electron chi connectivity index (χ0n) is 21.8. The number of benzene rings is 4. The van der Waals surface area contributed by atoms with Crippen LogP contribution >= 0.6 is 23.2 Å². The summed E-state index contributed by atoms with van der Waals surface area (Å²) < 4.78 is 55.9. The van der Waals surface area contributed by atoms with Crippen molar-refractivity contribution >= 4 is 71.3 Å². The van der Waals surface area contributed by atoms with E-state index in [-0.39, 0.29) is 35.6 Å². The highest BCUT2D eigenvalue weighted by Gasteiger charge is 2.31. The second-order valence-corrected chi connectivity index (χ2v) is 14.3. The summed E-state index contributed by atoms with van der Waals surface area (Å²) in [5.74, 6) is -0.815. The highest BCUT2D eigenvalue weighted by atomic mass is 35.5. The van der Waals surface area contributed by atoms with Crippen LogP contribution in [-0.4, -0.2) is 40.1 Å². The third-order valence-electron chi connectivity index (χ3n) is 7.02. The van der Waals surface area contributed by atoms with Crippen LogP contribution in [0.5, 0.6) is 0 Å². The van der Waals surface area contributed by atoms with Crippen molar-refractivity contribution < 1.29 is 21.6 Å². The summed E-state index contributed by atoms with van der Waals surface area (Å²) in [6.45, 7) is 0.442. The van der Waals surface area contributed by atoms with Crippen molar-refractivity contribution in [3.63, 3.8) is 0 Å². The summed E-state index contributed by atoms with van der Waals surface area (Å²) >= 11 is 11.9. The molecule has 0 unspecified atom stereocenters. The van der Waals surface area contributed by atoms with Gasteiger partial charge in [-0.2, -0.15) is 0 Å². The predicted molar refractivity (Wildman–Crippen MR) is 163 cm³/mol. The monoisotopic (exact) mass is 631 g/mol. The average Bonchev–Trinajstić information content (AvgIpc) is 2.95. The minimum Gasteiger partial charge on any atom is -0.326 e. The second-order valence-electron chi connectivity index (χ2n) is 9.82. The number of amides is 1. The molecule has 1 amide bonds. The lowest BCUT2D eigenvalue weighted by Crippen LogP contribution is -2.41. The van der Waals surface area contributed by atoms with Gasteiger partial charge >= 0.3 is 0 Å². The summed E-state index contributed by atoms with van der Waals surface area (Å²) in [7, 11) is -7.45. The number of anilines is 2. The highest BCUT2D eigenvalue weighted by Crippen LogP contribution is 2.28. The predicted octanol–water partition coefficient (Wildman–Crippen LogP) is 6.13. The second kappa shape index (κ2) is 12.0. The van der Waals surface area contributed by atoms with E-state index in [9.17, 15) is 21.6 Å². The SMILES string of the molecule is O=C(Nc1ccc(S(=O)(=O)Nc2cccc3ccccc23)cc1)C1CCN(S(=O)(=O)Cc2ccc(Cl)c(Cl)c2)CC1. The maximum atomic E-state index is 13.0. The number of carbonyl (C=O) groups excluding carboxylic acids is 1. The first-order chi connectivity index (χ1) is 19.5. The molecule has 1 aliphatic rings. The molecule has 1 heterocycles. The lowest BCUT2D eigenvalue weighted by Gasteiger charge is -2.30. The minimum atomic E-state index is -3.86. The zero-order valence-corrected chi connectivity index (χ0v) is 24.9. The average molecular weight is 633 g/mol. The molecule has 8 nitrogen and oxygen atoms in total. The molecule has 0 atom stereocenters. The van der Waals surface area contributed by atoms with Crippen molar-refractivity contribution in [1.82, 2.24) is 4.31 Å². The van der Waals surface area contributed by atoms with Crippen molar-refractivity contribution in [2.75, 3.05) is 23.1 Å². The van der Waals surface area contributed by atoms with Gasteiger partial charge in [0.05, 0.1) is 26.4 Å². The number of sulfonamides is 2. The van der Waals surface area contributed by atoms with Crippen LogP contribution in [0.4, 0.5) is 11.4 Å². The van der Waals surface area contributed by atoms with E-state index in [2.05, 4.69) is 10.0 Å². The number of hydrogen-bond donors (Lipinski definition) is 2. The molecule has 0 saturated carbocycles. The molecular weight excluding hydrogens is 605 g/mol.